The number of thioether (sulfide) groups is 1. The van der Waals surface area contributed by atoms with Crippen LogP contribution in [-0.2, 0) is 9.59 Å². The molecule has 1 fully saturated rings. The second-order valence-corrected chi connectivity index (χ2v) is 9.80. The first-order valence-corrected chi connectivity index (χ1v) is 11.5. The Morgan fingerprint density at radius 2 is 1.86 bits per heavy atom. The van der Waals surface area contributed by atoms with Crippen LogP contribution in [0.4, 0.5) is 10.5 Å². The summed E-state index contributed by atoms with van der Waals surface area (Å²) >= 11 is 8.11. The van der Waals surface area contributed by atoms with Crippen molar-refractivity contribution in [1.29, 1.82) is 0 Å². The molecule has 0 aliphatic carbocycles. The number of hydrogen-bond donors (Lipinski definition) is 2. The van der Waals surface area contributed by atoms with Gasteiger partial charge in [-0.1, -0.05) is 12.1 Å². The summed E-state index contributed by atoms with van der Waals surface area (Å²) < 4.78 is 1.99. The first kappa shape index (κ1) is 21.6. The topological polar surface area (TPSA) is 86.7 Å². The van der Waals surface area contributed by atoms with Gasteiger partial charge in [-0.05, 0) is 109 Å². The van der Waals surface area contributed by atoms with Crippen molar-refractivity contribution in [2.24, 2.45) is 0 Å². The molecule has 1 aliphatic rings. The number of benzene rings is 2. The van der Waals surface area contributed by atoms with E-state index in [4.69, 9.17) is 0 Å². The van der Waals surface area contributed by atoms with E-state index in [-0.39, 0.29) is 17.2 Å². The highest BCUT2D eigenvalue weighted by Crippen LogP contribution is 2.34. The molecule has 0 saturated carbocycles. The molecule has 0 spiro atoms. The second kappa shape index (κ2) is 9.13. The number of imide groups is 1. The third-order valence-corrected chi connectivity index (χ3v) is 6.90. The highest BCUT2D eigenvalue weighted by Gasteiger charge is 2.36. The number of hydrogen-bond acceptors (Lipinski definition) is 5. The maximum Gasteiger partial charge on any atom is 0.294 e. The number of para-hydroxylation sites is 1. The van der Waals surface area contributed by atoms with Crippen molar-refractivity contribution in [3.05, 3.63) is 58.5 Å². The number of carbonyl (C=O) groups excluding carboxylic acids is 3. The maximum absolute atomic E-state index is 12.6. The molecule has 0 radical (unpaired) electrons. The second-order valence-electron chi connectivity index (χ2n) is 5.63. The Morgan fingerprint density at radius 3 is 2.50 bits per heavy atom. The van der Waals surface area contributed by atoms with E-state index in [0.29, 0.717) is 22.9 Å². The van der Waals surface area contributed by atoms with Crippen molar-refractivity contribution >= 4 is 102 Å². The summed E-state index contributed by atoms with van der Waals surface area (Å²) in [6.07, 6.45) is 1.58. The number of aromatic hydroxyl groups is 1. The minimum atomic E-state index is -0.518. The summed E-state index contributed by atoms with van der Waals surface area (Å²) in [6, 6.07) is 10.5. The van der Waals surface area contributed by atoms with E-state index < -0.39 is 17.1 Å². The van der Waals surface area contributed by atoms with Crippen molar-refractivity contribution in [3.63, 3.8) is 0 Å². The van der Waals surface area contributed by atoms with Crippen LogP contribution in [0.3, 0.4) is 0 Å². The average molecular weight is 685 g/mol. The Morgan fingerprint density at radius 1 is 1.21 bits per heavy atom. The monoisotopic (exact) mass is 684 g/mol. The smallest absolute Gasteiger partial charge is 0.294 e. The molecule has 1 heterocycles. The van der Waals surface area contributed by atoms with Gasteiger partial charge in [-0.2, -0.15) is 0 Å². The van der Waals surface area contributed by atoms with Crippen LogP contribution in [0.25, 0.3) is 6.08 Å². The fourth-order valence-electron chi connectivity index (χ4n) is 2.35. The highest BCUT2D eigenvalue weighted by atomic mass is 127. The largest absolute Gasteiger partial charge is 0.506 e. The highest BCUT2D eigenvalue weighted by molar-refractivity contribution is 14.1. The number of amides is 3. The van der Waals surface area contributed by atoms with Gasteiger partial charge in [-0.3, -0.25) is 19.3 Å². The minimum Gasteiger partial charge on any atom is -0.506 e. The van der Waals surface area contributed by atoms with Gasteiger partial charge in [0.2, 0.25) is 5.91 Å². The molecule has 6 nitrogen and oxygen atoms in total. The predicted octanol–water partition coefficient (Wildman–Crippen LogP) is 5.04. The van der Waals surface area contributed by atoms with Crippen molar-refractivity contribution < 1.29 is 19.5 Å². The van der Waals surface area contributed by atoms with Gasteiger partial charge in [0.25, 0.3) is 11.1 Å². The maximum atomic E-state index is 12.6. The van der Waals surface area contributed by atoms with Crippen LogP contribution in [0.5, 0.6) is 5.75 Å². The molecule has 2 aromatic rings. The molecule has 0 unspecified atom stereocenters. The Labute approximate surface area is 200 Å². The van der Waals surface area contributed by atoms with Gasteiger partial charge in [0, 0.05) is 4.47 Å². The first-order chi connectivity index (χ1) is 13.3. The molecule has 144 valence electrons. The van der Waals surface area contributed by atoms with Crippen LogP contribution >= 0.6 is 72.9 Å². The first-order valence-electron chi connectivity index (χ1n) is 7.74. The molecular weight excluding hydrogens is 674 g/mol. The Bertz CT molecular complexity index is 1010. The molecule has 28 heavy (non-hydrogen) atoms. The van der Waals surface area contributed by atoms with Gasteiger partial charge in [0.15, 0.2) is 0 Å². The van der Waals surface area contributed by atoms with Crippen LogP contribution in [0, 0.1) is 7.14 Å². The number of anilines is 1. The number of phenolic OH excluding ortho intramolecular Hbond substituents is 1. The van der Waals surface area contributed by atoms with Crippen molar-refractivity contribution in [2.75, 3.05) is 11.9 Å². The molecule has 0 bridgehead atoms. The number of nitrogens with one attached hydrogen (secondary N) is 1. The van der Waals surface area contributed by atoms with E-state index in [9.17, 15) is 19.5 Å². The molecule has 1 saturated heterocycles. The number of halogens is 3. The Balaban J connectivity index is 1.75. The van der Waals surface area contributed by atoms with Crippen molar-refractivity contribution in [1.82, 2.24) is 4.90 Å². The van der Waals surface area contributed by atoms with E-state index in [1.807, 2.05) is 51.2 Å². The van der Waals surface area contributed by atoms with E-state index in [1.165, 1.54) is 0 Å². The van der Waals surface area contributed by atoms with Crippen LogP contribution in [0.1, 0.15) is 5.56 Å². The molecule has 3 amide bonds. The summed E-state index contributed by atoms with van der Waals surface area (Å²) in [6.45, 7) is -0.367. The lowest BCUT2D eigenvalue weighted by molar-refractivity contribution is -0.127. The quantitative estimate of drug-likeness (QED) is 0.349. The van der Waals surface area contributed by atoms with Gasteiger partial charge < -0.3 is 10.4 Å². The number of carbonyl (C=O) groups is 3. The number of rotatable bonds is 4. The lowest BCUT2D eigenvalue weighted by Gasteiger charge is -2.13. The van der Waals surface area contributed by atoms with E-state index >= 15 is 0 Å². The predicted molar refractivity (Wildman–Crippen MR) is 129 cm³/mol. The molecule has 0 aromatic heterocycles. The van der Waals surface area contributed by atoms with Gasteiger partial charge in [-0.25, -0.2) is 0 Å². The lowest BCUT2D eigenvalue weighted by atomic mass is 10.2. The zero-order chi connectivity index (χ0) is 20.4. The van der Waals surface area contributed by atoms with Crippen LogP contribution in [-0.4, -0.2) is 33.6 Å². The SMILES string of the molecule is O=C(CN1C(=O)S/C(=C/c2cc(I)c(O)c(I)c2)C1=O)Nc1ccccc1Br. The minimum absolute atomic E-state index is 0.176. The van der Waals surface area contributed by atoms with E-state index in [0.717, 1.165) is 16.7 Å². The molecule has 2 aromatic carbocycles. The summed E-state index contributed by atoms with van der Waals surface area (Å²) in [5.41, 5.74) is 1.25. The molecule has 1 aliphatic heterocycles. The normalized spacial score (nSPS) is 15.4. The van der Waals surface area contributed by atoms with Crippen molar-refractivity contribution in [2.45, 2.75) is 0 Å². The molecule has 2 N–H and O–H groups in total. The van der Waals surface area contributed by atoms with Crippen LogP contribution in [0.15, 0.2) is 45.8 Å². The van der Waals surface area contributed by atoms with Gasteiger partial charge in [0.1, 0.15) is 12.3 Å². The summed E-state index contributed by atoms with van der Waals surface area (Å²) in [5, 5.41) is 12.0. The molecular formula is C18H11BrI2N2O4S. The van der Waals surface area contributed by atoms with Gasteiger partial charge >= 0.3 is 0 Å². The number of phenols is 1. The van der Waals surface area contributed by atoms with Gasteiger partial charge in [0.05, 0.1) is 17.7 Å². The zero-order valence-electron chi connectivity index (χ0n) is 13.9. The van der Waals surface area contributed by atoms with Crippen molar-refractivity contribution in [3.8, 4) is 5.75 Å². The summed E-state index contributed by atoms with van der Waals surface area (Å²) in [4.78, 5) is 38.2. The third kappa shape index (κ3) is 4.89. The molecule has 10 heteroatoms. The fraction of sp³-hybridized carbons (Fsp3) is 0.0556. The van der Waals surface area contributed by atoms with Crippen LogP contribution < -0.4 is 5.32 Å². The fourth-order valence-corrected chi connectivity index (χ4v) is 5.39. The third-order valence-electron chi connectivity index (χ3n) is 3.66. The molecule has 3 rings (SSSR count). The number of nitrogens with zero attached hydrogens (tertiary/aromatic N) is 1. The van der Waals surface area contributed by atoms with Crippen LogP contribution in [0.2, 0.25) is 0 Å². The Kier molecular flexibility index (Phi) is 7.04. The average Bonchev–Trinajstić information content (AvgIpc) is 2.89. The van der Waals surface area contributed by atoms with Gasteiger partial charge in [-0.15, -0.1) is 0 Å². The molecule has 0 atom stereocenters. The lowest BCUT2D eigenvalue weighted by Crippen LogP contribution is -2.36. The zero-order valence-corrected chi connectivity index (χ0v) is 20.6. The standard InChI is InChI=1S/C18H11BrI2N2O4S/c19-10-3-1-2-4-13(10)22-15(24)8-23-17(26)14(28-18(23)27)7-9-5-11(20)16(25)12(21)6-9/h1-7,25H,8H2,(H,22,24)/b14-7+. The summed E-state index contributed by atoms with van der Waals surface area (Å²) in [5.74, 6) is -0.810. The summed E-state index contributed by atoms with van der Waals surface area (Å²) in [7, 11) is 0. The van der Waals surface area contributed by atoms with E-state index in [1.54, 1.807) is 36.4 Å². The Hall–Kier alpha value is -1.12. The van der Waals surface area contributed by atoms with E-state index in [2.05, 4.69) is 21.2 Å².